The SMILES string of the molecule is Cc1cc(NC(=O)CN2CCCCC2C)c([N+](=O)[O-])cc1C. The van der Waals surface area contributed by atoms with Gasteiger partial charge in [-0.1, -0.05) is 6.42 Å². The maximum atomic E-state index is 12.2. The number of hydrogen-bond acceptors (Lipinski definition) is 4. The van der Waals surface area contributed by atoms with Gasteiger partial charge in [0.2, 0.25) is 5.91 Å². The third-order valence-electron chi connectivity index (χ3n) is 4.37. The molecular weight excluding hydrogens is 282 g/mol. The van der Waals surface area contributed by atoms with Crippen LogP contribution in [-0.2, 0) is 4.79 Å². The largest absolute Gasteiger partial charge is 0.319 e. The van der Waals surface area contributed by atoms with E-state index in [1.165, 1.54) is 12.5 Å². The maximum absolute atomic E-state index is 12.2. The van der Waals surface area contributed by atoms with Gasteiger partial charge >= 0.3 is 0 Å². The van der Waals surface area contributed by atoms with Crippen molar-refractivity contribution in [2.45, 2.75) is 46.1 Å². The van der Waals surface area contributed by atoms with Crippen molar-refractivity contribution < 1.29 is 9.72 Å². The topological polar surface area (TPSA) is 75.5 Å². The van der Waals surface area contributed by atoms with E-state index in [4.69, 9.17) is 0 Å². The van der Waals surface area contributed by atoms with Gasteiger partial charge in [-0.25, -0.2) is 0 Å². The van der Waals surface area contributed by atoms with E-state index in [1.807, 2.05) is 13.8 Å². The Hall–Kier alpha value is -1.95. The van der Waals surface area contributed by atoms with Crippen LogP contribution in [0.2, 0.25) is 0 Å². The fourth-order valence-corrected chi connectivity index (χ4v) is 2.82. The molecule has 22 heavy (non-hydrogen) atoms. The number of carbonyl (C=O) groups excluding carboxylic acids is 1. The monoisotopic (exact) mass is 305 g/mol. The van der Waals surface area contributed by atoms with Crippen molar-refractivity contribution in [3.05, 3.63) is 33.4 Å². The van der Waals surface area contributed by atoms with E-state index < -0.39 is 4.92 Å². The minimum atomic E-state index is -0.453. The first-order valence-corrected chi connectivity index (χ1v) is 7.68. The van der Waals surface area contributed by atoms with Gasteiger partial charge < -0.3 is 5.32 Å². The molecule has 6 nitrogen and oxygen atoms in total. The molecule has 6 heteroatoms. The quantitative estimate of drug-likeness (QED) is 0.685. The minimum absolute atomic E-state index is 0.0526. The highest BCUT2D eigenvalue weighted by molar-refractivity contribution is 5.94. The minimum Gasteiger partial charge on any atom is -0.319 e. The second-order valence-corrected chi connectivity index (χ2v) is 6.07. The third-order valence-corrected chi connectivity index (χ3v) is 4.37. The van der Waals surface area contributed by atoms with E-state index >= 15 is 0 Å². The molecule has 1 fully saturated rings. The first-order valence-electron chi connectivity index (χ1n) is 7.68. The summed E-state index contributed by atoms with van der Waals surface area (Å²) in [6, 6.07) is 3.56. The third kappa shape index (κ3) is 3.82. The molecule has 1 unspecified atom stereocenters. The number of likely N-dealkylation sites (tertiary alicyclic amines) is 1. The lowest BCUT2D eigenvalue weighted by molar-refractivity contribution is -0.384. The van der Waals surface area contributed by atoms with Crippen molar-refractivity contribution in [3.63, 3.8) is 0 Å². The molecule has 0 aliphatic carbocycles. The predicted octanol–water partition coefficient (Wildman–Crippen LogP) is 3.02. The molecule has 1 saturated heterocycles. The van der Waals surface area contributed by atoms with E-state index in [0.29, 0.717) is 6.04 Å². The smallest absolute Gasteiger partial charge is 0.293 e. The molecule has 0 radical (unpaired) electrons. The number of aryl methyl sites for hydroxylation is 2. The summed E-state index contributed by atoms with van der Waals surface area (Å²) in [4.78, 5) is 25.1. The average Bonchev–Trinajstić information content (AvgIpc) is 2.44. The Kier molecular flexibility index (Phi) is 5.13. The van der Waals surface area contributed by atoms with Crippen LogP contribution in [0.1, 0.15) is 37.3 Å². The number of nitro groups is 1. The molecule has 2 rings (SSSR count). The molecule has 0 aromatic heterocycles. The second-order valence-electron chi connectivity index (χ2n) is 6.07. The second kappa shape index (κ2) is 6.87. The Balaban J connectivity index is 2.11. The number of nitro benzene ring substituents is 1. The fourth-order valence-electron chi connectivity index (χ4n) is 2.82. The van der Waals surface area contributed by atoms with Crippen LogP contribution < -0.4 is 5.32 Å². The van der Waals surface area contributed by atoms with Crippen LogP contribution >= 0.6 is 0 Å². The number of piperidine rings is 1. The number of amides is 1. The van der Waals surface area contributed by atoms with Gasteiger partial charge in [0.15, 0.2) is 0 Å². The molecule has 120 valence electrons. The molecule has 1 aliphatic rings. The zero-order chi connectivity index (χ0) is 16.3. The lowest BCUT2D eigenvalue weighted by atomic mass is 10.0. The Labute approximate surface area is 130 Å². The first kappa shape index (κ1) is 16.4. The van der Waals surface area contributed by atoms with Crippen molar-refractivity contribution in [3.8, 4) is 0 Å². The van der Waals surface area contributed by atoms with Gasteiger partial charge in [0.1, 0.15) is 5.69 Å². The van der Waals surface area contributed by atoms with Crippen LogP contribution in [0, 0.1) is 24.0 Å². The predicted molar refractivity (Wildman–Crippen MR) is 86.1 cm³/mol. The Morgan fingerprint density at radius 1 is 1.36 bits per heavy atom. The van der Waals surface area contributed by atoms with Gasteiger partial charge in [-0.15, -0.1) is 0 Å². The number of hydrogen-bond donors (Lipinski definition) is 1. The lowest BCUT2D eigenvalue weighted by Gasteiger charge is -2.32. The van der Waals surface area contributed by atoms with Crippen molar-refractivity contribution >= 4 is 17.3 Å². The molecule has 1 heterocycles. The molecule has 1 amide bonds. The lowest BCUT2D eigenvalue weighted by Crippen LogP contribution is -2.42. The van der Waals surface area contributed by atoms with E-state index in [0.717, 1.165) is 30.5 Å². The van der Waals surface area contributed by atoms with Crippen LogP contribution in [0.15, 0.2) is 12.1 Å². The van der Waals surface area contributed by atoms with E-state index in [9.17, 15) is 14.9 Å². The van der Waals surface area contributed by atoms with E-state index in [1.54, 1.807) is 6.07 Å². The van der Waals surface area contributed by atoms with Gasteiger partial charge in [-0.2, -0.15) is 0 Å². The summed E-state index contributed by atoms with van der Waals surface area (Å²) in [5.41, 5.74) is 1.99. The summed E-state index contributed by atoms with van der Waals surface area (Å²) >= 11 is 0. The van der Waals surface area contributed by atoms with Crippen LogP contribution in [-0.4, -0.2) is 34.9 Å². The van der Waals surface area contributed by atoms with Gasteiger partial charge in [-0.3, -0.25) is 19.8 Å². The Bertz CT molecular complexity index is 586. The van der Waals surface area contributed by atoms with Crippen molar-refractivity contribution in [1.82, 2.24) is 4.90 Å². The number of nitrogens with one attached hydrogen (secondary N) is 1. The highest BCUT2D eigenvalue weighted by atomic mass is 16.6. The molecule has 0 saturated carbocycles. The molecule has 1 N–H and O–H groups in total. The molecule has 1 atom stereocenters. The Morgan fingerprint density at radius 3 is 2.68 bits per heavy atom. The average molecular weight is 305 g/mol. The van der Waals surface area contributed by atoms with E-state index in [2.05, 4.69) is 17.1 Å². The first-order chi connectivity index (χ1) is 10.4. The van der Waals surface area contributed by atoms with Crippen LogP contribution in [0.5, 0.6) is 0 Å². The van der Waals surface area contributed by atoms with Crippen LogP contribution in [0.25, 0.3) is 0 Å². The molecule has 0 bridgehead atoms. The van der Waals surface area contributed by atoms with Crippen molar-refractivity contribution in [2.24, 2.45) is 0 Å². The highest BCUT2D eigenvalue weighted by Crippen LogP contribution is 2.28. The summed E-state index contributed by atoms with van der Waals surface area (Å²) in [5.74, 6) is -0.194. The van der Waals surface area contributed by atoms with E-state index in [-0.39, 0.29) is 23.8 Å². The van der Waals surface area contributed by atoms with Crippen LogP contribution in [0.3, 0.4) is 0 Å². The molecule has 1 aliphatic heterocycles. The zero-order valence-electron chi connectivity index (χ0n) is 13.4. The molecular formula is C16H23N3O3. The number of benzene rings is 1. The summed E-state index contributed by atoms with van der Waals surface area (Å²) in [6.07, 6.45) is 3.39. The number of rotatable bonds is 4. The highest BCUT2D eigenvalue weighted by Gasteiger charge is 2.22. The summed E-state index contributed by atoms with van der Waals surface area (Å²) in [5, 5.41) is 13.9. The number of carbonyl (C=O) groups is 1. The Morgan fingerprint density at radius 2 is 2.05 bits per heavy atom. The van der Waals surface area contributed by atoms with Gasteiger partial charge in [0.05, 0.1) is 11.5 Å². The summed E-state index contributed by atoms with van der Waals surface area (Å²) in [7, 11) is 0. The van der Waals surface area contributed by atoms with Crippen molar-refractivity contribution in [1.29, 1.82) is 0 Å². The normalized spacial score (nSPS) is 19.0. The maximum Gasteiger partial charge on any atom is 0.293 e. The molecule has 0 spiro atoms. The molecule has 1 aromatic carbocycles. The summed E-state index contributed by atoms with van der Waals surface area (Å²) in [6.45, 7) is 7.00. The number of anilines is 1. The van der Waals surface area contributed by atoms with Crippen molar-refractivity contribution in [2.75, 3.05) is 18.4 Å². The number of nitrogens with zero attached hydrogens (tertiary/aromatic N) is 2. The van der Waals surface area contributed by atoms with Gasteiger partial charge in [-0.05, 0) is 57.4 Å². The molecule has 1 aromatic rings. The van der Waals surface area contributed by atoms with Gasteiger partial charge in [0.25, 0.3) is 5.69 Å². The zero-order valence-corrected chi connectivity index (χ0v) is 13.4. The fraction of sp³-hybridized carbons (Fsp3) is 0.562. The van der Waals surface area contributed by atoms with Crippen LogP contribution in [0.4, 0.5) is 11.4 Å². The standard InChI is InChI=1S/C16H23N3O3/c1-11-8-14(15(19(21)22)9-12(11)2)17-16(20)10-18-7-5-4-6-13(18)3/h8-9,13H,4-7,10H2,1-3H3,(H,17,20). The van der Waals surface area contributed by atoms with Gasteiger partial charge in [0, 0.05) is 12.1 Å². The summed E-state index contributed by atoms with van der Waals surface area (Å²) < 4.78 is 0.